The van der Waals surface area contributed by atoms with Gasteiger partial charge in [0.2, 0.25) is 0 Å². The second-order valence-electron chi connectivity index (χ2n) is 8.28. The van der Waals surface area contributed by atoms with Crippen molar-refractivity contribution in [2.75, 3.05) is 32.9 Å². The number of aliphatic hydroxyl groups is 2. The standard InChI is InChI=1S/C16H14O4.C10H24N2O2/c1-10(2)5-7-19-16-11-3-4-15(17)20-14(11)9-13-12(16)6-8-18-13;1-3-9(7-13)11-5-6-12-10(4-2)8-14/h3-6,8-9H,7H2,1-2H3;9-14H,3-8H2,1-2H3/t;9-,10-/m.0/s1. The maximum atomic E-state index is 11.3. The number of hydrogen-bond acceptors (Lipinski definition) is 8. The van der Waals surface area contributed by atoms with Crippen LogP contribution in [0.3, 0.4) is 0 Å². The summed E-state index contributed by atoms with van der Waals surface area (Å²) in [5, 5.41) is 25.9. The van der Waals surface area contributed by atoms with Gasteiger partial charge in [0.25, 0.3) is 0 Å². The van der Waals surface area contributed by atoms with E-state index in [1.54, 1.807) is 18.4 Å². The summed E-state index contributed by atoms with van der Waals surface area (Å²) in [7, 11) is 0. The summed E-state index contributed by atoms with van der Waals surface area (Å²) in [4.78, 5) is 11.3. The van der Waals surface area contributed by atoms with Gasteiger partial charge < -0.3 is 34.4 Å². The van der Waals surface area contributed by atoms with Crippen LogP contribution in [0.2, 0.25) is 0 Å². The Morgan fingerprint density at radius 1 is 1.00 bits per heavy atom. The van der Waals surface area contributed by atoms with Gasteiger partial charge in [0.05, 0.1) is 30.2 Å². The summed E-state index contributed by atoms with van der Waals surface area (Å²) in [5.41, 5.74) is 1.89. The molecular weight excluding hydrogens is 436 g/mol. The van der Waals surface area contributed by atoms with Gasteiger partial charge in [-0.2, -0.15) is 0 Å². The molecule has 0 spiro atoms. The Morgan fingerprint density at radius 2 is 1.62 bits per heavy atom. The van der Waals surface area contributed by atoms with E-state index < -0.39 is 5.63 Å². The molecule has 2 heterocycles. The van der Waals surface area contributed by atoms with Crippen molar-refractivity contribution in [2.45, 2.75) is 52.6 Å². The van der Waals surface area contributed by atoms with Crippen molar-refractivity contribution >= 4 is 21.9 Å². The number of benzene rings is 1. The van der Waals surface area contributed by atoms with Gasteiger partial charge in [0.15, 0.2) is 0 Å². The number of ether oxygens (including phenoxy) is 1. The molecule has 3 rings (SSSR count). The summed E-state index contributed by atoms with van der Waals surface area (Å²) in [5.74, 6) is 0.674. The Balaban J connectivity index is 0.000000259. The maximum Gasteiger partial charge on any atom is 0.336 e. The third-order valence-corrected chi connectivity index (χ3v) is 5.45. The van der Waals surface area contributed by atoms with E-state index in [4.69, 9.17) is 23.8 Å². The predicted octanol–water partition coefficient (Wildman–Crippen LogP) is 3.59. The Bertz CT molecular complexity index is 1060. The third-order valence-electron chi connectivity index (χ3n) is 5.45. The van der Waals surface area contributed by atoms with E-state index in [1.807, 2.05) is 39.8 Å². The van der Waals surface area contributed by atoms with E-state index in [0.717, 1.165) is 36.7 Å². The lowest BCUT2D eigenvalue weighted by atomic mass is 10.1. The van der Waals surface area contributed by atoms with Crippen molar-refractivity contribution in [3.63, 3.8) is 0 Å². The molecule has 0 amide bonds. The minimum Gasteiger partial charge on any atom is -0.488 e. The van der Waals surface area contributed by atoms with Crippen LogP contribution in [0.15, 0.2) is 55.8 Å². The molecular formula is C26H38N2O6. The van der Waals surface area contributed by atoms with Crippen molar-refractivity contribution in [3.8, 4) is 5.75 Å². The van der Waals surface area contributed by atoms with E-state index >= 15 is 0 Å². The zero-order valence-corrected chi connectivity index (χ0v) is 20.6. The van der Waals surface area contributed by atoms with Crippen LogP contribution in [-0.4, -0.2) is 55.2 Å². The van der Waals surface area contributed by atoms with E-state index in [2.05, 4.69) is 10.6 Å². The summed E-state index contributed by atoms with van der Waals surface area (Å²) < 4.78 is 16.4. The van der Waals surface area contributed by atoms with Crippen LogP contribution >= 0.6 is 0 Å². The highest BCUT2D eigenvalue weighted by atomic mass is 16.5. The number of fused-ring (bicyclic) bond motifs is 2. The van der Waals surface area contributed by atoms with Crippen LogP contribution in [0, 0.1) is 0 Å². The number of aliphatic hydroxyl groups excluding tert-OH is 2. The molecule has 4 N–H and O–H groups in total. The highest BCUT2D eigenvalue weighted by Gasteiger charge is 2.12. The number of allylic oxidation sites excluding steroid dienone is 1. The molecule has 1 aromatic carbocycles. The van der Waals surface area contributed by atoms with Gasteiger partial charge in [-0.25, -0.2) is 4.79 Å². The molecule has 0 saturated heterocycles. The monoisotopic (exact) mass is 474 g/mol. The molecule has 0 unspecified atom stereocenters. The minimum absolute atomic E-state index is 0.188. The van der Waals surface area contributed by atoms with Crippen LogP contribution in [0.1, 0.15) is 40.5 Å². The van der Waals surface area contributed by atoms with Gasteiger partial charge in [-0.15, -0.1) is 0 Å². The minimum atomic E-state index is -0.390. The van der Waals surface area contributed by atoms with E-state index in [0.29, 0.717) is 23.5 Å². The molecule has 188 valence electrons. The molecule has 0 radical (unpaired) electrons. The summed E-state index contributed by atoms with van der Waals surface area (Å²) in [6, 6.07) is 7.06. The molecule has 0 bridgehead atoms. The molecule has 0 aliphatic heterocycles. The molecule has 2 aromatic heterocycles. The fourth-order valence-electron chi connectivity index (χ4n) is 3.29. The fraction of sp³-hybridized carbons (Fsp3) is 0.500. The first-order valence-electron chi connectivity index (χ1n) is 11.8. The Kier molecular flexibility index (Phi) is 11.8. The molecule has 0 aliphatic carbocycles. The lowest BCUT2D eigenvalue weighted by Gasteiger charge is -2.17. The van der Waals surface area contributed by atoms with Gasteiger partial charge >= 0.3 is 5.63 Å². The van der Waals surface area contributed by atoms with Crippen LogP contribution in [0.5, 0.6) is 5.75 Å². The van der Waals surface area contributed by atoms with Crippen molar-refractivity contribution in [2.24, 2.45) is 0 Å². The lowest BCUT2D eigenvalue weighted by Crippen LogP contribution is -2.40. The zero-order chi connectivity index (χ0) is 24.9. The third kappa shape index (κ3) is 8.29. The van der Waals surface area contributed by atoms with E-state index in [9.17, 15) is 4.79 Å². The highest BCUT2D eigenvalue weighted by molar-refractivity contribution is 6.01. The number of rotatable bonds is 12. The zero-order valence-electron chi connectivity index (χ0n) is 20.6. The highest BCUT2D eigenvalue weighted by Crippen LogP contribution is 2.34. The molecule has 8 heteroatoms. The van der Waals surface area contributed by atoms with Crippen LogP contribution < -0.4 is 21.0 Å². The van der Waals surface area contributed by atoms with Crippen LogP contribution in [-0.2, 0) is 0 Å². The molecule has 0 aliphatic rings. The number of nitrogens with one attached hydrogen (secondary N) is 2. The second-order valence-corrected chi connectivity index (χ2v) is 8.28. The molecule has 34 heavy (non-hydrogen) atoms. The van der Waals surface area contributed by atoms with Crippen molar-refractivity contribution in [3.05, 3.63) is 52.6 Å². The molecule has 8 nitrogen and oxygen atoms in total. The molecule has 0 fully saturated rings. The van der Waals surface area contributed by atoms with Crippen molar-refractivity contribution in [1.29, 1.82) is 0 Å². The van der Waals surface area contributed by atoms with Gasteiger partial charge in [-0.3, -0.25) is 0 Å². The average Bonchev–Trinajstić information content (AvgIpc) is 3.29. The predicted molar refractivity (Wildman–Crippen MR) is 136 cm³/mol. The summed E-state index contributed by atoms with van der Waals surface area (Å²) >= 11 is 0. The Hall–Kier alpha value is -2.65. The largest absolute Gasteiger partial charge is 0.488 e. The normalized spacial score (nSPS) is 12.8. The van der Waals surface area contributed by atoms with Gasteiger partial charge in [0, 0.05) is 37.3 Å². The number of furan rings is 1. The molecule has 2 atom stereocenters. The first kappa shape index (κ1) is 27.6. The Labute approximate surface area is 200 Å². The first-order valence-corrected chi connectivity index (χ1v) is 11.8. The van der Waals surface area contributed by atoms with Crippen molar-refractivity contribution in [1.82, 2.24) is 10.6 Å². The van der Waals surface area contributed by atoms with Crippen LogP contribution in [0.4, 0.5) is 0 Å². The molecule has 0 saturated carbocycles. The smallest absolute Gasteiger partial charge is 0.336 e. The fourth-order valence-corrected chi connectivity index (χ4v) is 3.29. The van der Waals surface area contributed by atoms with E-state index in [1.165, 1.54) is 11.6 Å². The quantitative estimate of drug-likeness (QED) is 0.179. The van der Waals surface area contributed by atoms with Crippen molar-refractivity contribution < 1.29 is 23.8 Å². The molecule has 3 aromatic rings. The SMILES string of the molecule is CC(C)=CCOc1c2ccoc2cc2oc(=O)ccc12.CC[C@@H](CO)NCCN[C@@H](CC)CO. The Morgan fingerprint density at radius 3 is 2.18 bits per heavy atom. The maximum absolute atomic E-state index is 11.3. The average molecular weight is 475 g/mol. The summed E-state index contributed by atoms with van der Waals surface area (Å²) in [6.07, 6.45) is 5.46. The van der Waals surface area contributed by atoms with E-state index in [-0.39, 0.29) is 25.3 Å². The van der Waals surface area contributed by atoms with Gasteiger partial charge in [0.1, 0.15) is 23.5 Å². The van der Waals surface area contributed by atoms with Gasteiger partial charge in [-0.05, 0) is 44.9 Å². The second kappa shape index (κ2) is 14.6. The number of hydrogen-bond donors (Lipinski definition) is 4. The topological polar surface area (TPSA) is 117 Å². The summed E-state index contributed by atoms with van der Waals surface area (Å²) in [6.45, 7) is 10.6. The van der Waals surface area contributed by atoms with Crippen LogP contribution in [0.25, 0.3) is 21.9 Å². The lowest BCUT2D eigenvalue weighted by molar-refractivity contribution is 0.229. The first-order chi connectivity index (χ1) is 16.4. The van der Waals surface area contributed by atoms with Gasteiger partial charge in [-0.1, -0.05) is 19.4 Å².